The summed E-state index contributed by atoms with van der Waals surface area (Å²) < 4.78 is 5.61. The molecule has 16 heavy (non-hydrogen) atoms. The van der Waals surface area contributed by atoms with E-state index in [1.807, 2.05) is 30.0 Å². The third-order valence-corrected chi connectivity index (χ3v) is 3.15. The highest BCUT2D eigenvalue weighted by atomic mass is 32.2. The monoisotopic (exact) mass is 238 g/mol. The fraction of sp³-hybridized carbons (Fsp3) is 0.462. The van der Waals surface area contributed by atoms with E-state index in [0.29, 0.717) is 17.9 Å². The van der Waals surface area contributed by atoms with Crippen molar-refractivity contribution in [1.29, 1.82) is 0 Å². The van der Waals surface area contributed by atoms with Crippen molar-refractivity contribution in [3.63, 3.8) is 0 Å². The van der Waals surface area contributed by atoms with Gasteiger partial charge in [0.25, 0.3) is 0 Å². The summed E-state index contributed by atoms with van der Waals surface area (Å²) in [6.07, 6.45) is 1.02. The Bertz CT molecular complexity index is 336. The molecule has 0 aliphatic heterocycles. The summed E-state index contributed by atoms with van der Waals surface area (Å²) >= 11 is 1.91. The van der Waals surface area contributed by atoms with Gasteiger partial charge >= 0.3 is 0 Å². The molecule has 3 heteroatoms. The van der Waals surface area contributed by atoms with Gasteiger partial charge in [0.15, 0.2) is 5.78 Å². The maximum absolute atomic E-state index is 11.3. The zero-order chi connectivity index (χ0) is 11.8. The maximum Gasteiger partial charge on any atom is 0.163 e. The van der Waals surface area contributed by atoms with Crippen molar-refractivity contribution in [3.05, 3.63) is 29.8 Å². The molecule has 0 radical (unpaired) electrons. The first-order valence-corrected chi connectivity index (χ1v) is 6.71. The number of rotatable bonds is 7. The van der Waals surface area contributed by atoms with Crippen LogP contribution < -0.4 is 4.74 Å². The van der Waals surface area contributed by atoms with Crippen LogP contribution in [0, 0.1) is 0 Å². The number of carbonyl (C=O) groups is 1. The molecule has 2 nitrogen and oxygen atoms in total. The number of ether oxygens (including phenoxy) is 1. The number of thioether (sulfide) groups is 1. The zero-order valence-electron chi connectivity index (χ0n) is 9.86. The predicted molar refractivity (Wildman–Crippen MR) is 69.6 cm³/mol. The first kappa shape index (κ1) is 13.1. The molecule has 0 bridgehead atoms. The largest absolute Gasteiger partial charge is 0.493 e. The van der Waals surface area contributed by atoms with Crippen LogP contribution in [0.25, 0.3) is 0 Å². The topological polar surface area (TPSA) is 26.3 Å². The molecule has 88 valence electrons. The summed E-state index contributed by atoms with van der Waals surface area (Å²) in [5.74, 6) is 3.01. The van der Waals surface area contributed by atoms with Crippen LogP contribution in [0.4, 0.5) is 0 Å². The van der Waals surface area contributed by atoms with Crippen LogP contribution in [-0.4, -0.2) is 23.9 Å². The second-order valence-electron chi connectivity index (χ2n) is 3.45. The van der Waals surface area contributed by atoms with Crippen molar-refractivity contribution >= 4 is 17.5 Å². The van der Waals surface area contributed by atoms with Gasteiger partial charge in [0.1, 0.15) is 5.75 Å². The van der Waals surface area contributed by atoms with Crippen LogP contribution in [0.1, 0.15) is 30.6 Å². The molecule has 0 saturated heterocycles. The molecule has 0 saturated carbocycles. The average molecular weight is 238 g/mol. The lowest BCUT2D eigenvalue weighted by atomic mass is 10.1. The first-order chi connectivity index (χ1) is 7.75. The van der Waals surface area contributed by atoms with Gasteiger partial charge in [-0.1, -0.05) is 19.1 Å². The van der Waals surface area contributed by atoms with Gasteiger partial charge in [-0.3, -0.25) is 4.79 Å². The molecule has 0 N–H and O–H groups in total. The maximum atomic E-state index is 11.3. The highest BCUT2D eigenvalue weighted by molar-refractivity contribution is 7.99. The minimum atomic E-state index is 0.0542. The molecule has 0 amide bonds. The summed E-state index contributed by atoms with van der Waals surface area (Å²) in [6.45, 7) is 4.39. The SMILES string of the molecule is CCSCCCOc1ccccc1C(C)=O. The molecule has 0 fully saturated rings. The highest BCUT2D eigenvalue weighted by Crippen LogP contribution is 2.18. The van der Waals surface area contributed by atoms with E-state index in [2.05, 4.69) is 6.92 Å². The first-order valence-electron chi connectivity index (χ1n) is 5.56. The quantitative estimate of drug-likeness (QED) is 0.538. The fourth-order valence-corrected chi connectivity index (χ4v) is 1.98. The summed E-state index contributed by atoms with van der Waals surface area (Å²) in [5, 5.41) is 0. The number of Topliss-reactive ketones (excluding diaryl/α,β-unsaturated/α-hetero) is 1. The van der Waals surface area contributed by atoms with Crippen molar-refractivity contribution in [3.8, 4) is 5.75 Å². The van der Waals surface area contributed by atoms with Crippen LogP contribution in [0.3, 0.4) is 0 Å². The minimum Gasteiger partial charge on any atom is -0.493 e. The number of hydrogen-bond acceptors (Lipinski definition) is 3. The molecule has 0 atom stereocenters. The van der Waals surface area contributed by atoms with E-state index in [0.717, 1.165) is 17.9 Å². The Labute approximate surface area is 101 Å². The molecular formula is C13H18O2S. The molecule has 0 aliphatic rings. The van der Waals surface area contributed by atoms with E-state index in [4.69, 9.17) is 4.74 Å². The lowest BCUT2D eigenvalue weighted by Crippen LogP contribution is -2.03. The van der Waals surface area contributed by atoms with Crippen molar-refractivity contribution < 1.29 is 9.53 Å². The van der Waals surface area contributed by atoms with Gasteiger partial charge < -0.3 is 4.74 Å². The summed E-state index contributed by atoms with van der Waals surface area (Å²) in [7, 11) is 0. The third-order valence-electron chi connectivity index (χ3n) is 2.16. The van der Waals surface area contributed by atoms with E-state index in [9.17, 15) is 4.79 Å². The van der Waals surface area contributed by atoms with Crippen molar-refractivity contribution in [1.82, 2.24) is 0 Å². The highest BCUT2D eigenvalue weighted by Gasteiger charge is 2.06. The number of ketones is 1. The van der Waals surface area contributed by atoms with Crippen LogP contribution in [0.2, 0.25) is 0 Å². The summed E-state index contributed by atoms with van der Waals surface area (Å²) in [5.41, 5.74) is 0.672. The van der Waals surface area contributed by atoms with E-state index < -0.39 is 0 Å². The molecule has 0 heterocycles. The van der Waals surface area contributed by atoms with Gasteiger partial charge in [0.2, 0.25) is 0 Å². The van der Waals surface area contributed by atoms with Gasteiger partial charge in [0.05, 0.1) is 12.2 Å². The van der Waals surface area contributed by atoms with Crippen molar-refractivity contribution in [2.75, 3.05) is 18.1 Å². The van der Waals surface area contributed by atoms with E-state index in [1.165, 1.54) is 0 Å². The van der Waals surface area contributed by atoms with Gasteiger partial charge in [-0.25, -0.2) is 0 Å². The van der Waals surface area contributed by atoms with Gasteiger partial charge in [-0.2, -0.15) is 11.8 Å². The smallest absolute Gasteiger partial charge is 0.163 e. The summed E-state index contributed by atoms with van der Waals surface area (Å²) in [6, 6.07) is 7.40. The number of benzene rings is 1. The molecule has 0 spiro atoms. The lowest BCUT2D eigenvalue weighted by Gasteiger charge is -2.09. The number of carbonyl (C=O) groups excluding carboxylic acids is 1. The second kappa shape index (κ2) is 7.34. The fourth-order valence-electron chi connectivity index (χ4n) is 1.37. The average Bonchev–Trinajstić information content (AvgIpc) is 2.29. The van der Waals surface area contributed by atoms with Crippen LogP contribution in [0.5, 0.6) is 5.75 Å². The van der Waals surface area contributed by atoms with Gasteiger partial charge in [0, 0.05) is 0 Å². The molecule has 1 aromatic rings. The van der Waals surface area contributed by atoms with Gasteiger partial charge in [-0.05, 0) is 37.0 Å². The number of hydrogen-bond donors (Lipinski definition) is 0. The third kappa shape index (κ3) is 4.27. The van der Waals surface area contributed by atoms with E-state index >= 15 is 0 Å². The normalized spacial score (nSPS) is 10.1. The zero-order valence-corrected chi connectivity index (χ0v) is 10.7. The Morgan fingerprint density at radius 2 is 2.12 bits per heavy atom. The molecule has 1 rings (SSSR count). The predicted octanol–water partition coefficient (Wildman–Crippen LogP) is 3.41. The van der Waals surface area contributed by atoms with Crippen LogP contribution in [-0.2, 0) is 0 Å². The van der Waals surface area contributed by atoms with E-state index in [-0.39, 0.29) is 5.78 Å². The molecule has 0 aromatic heterocycles. The lowest BCUT2D eigenvalue weighted by molar-refractivity contribution is 0.101. The Balaban J connectivity index is 2.44. The Hall–Kier alpha value is -0.960. The van der Waals surface area contributed by atoms with Crippen molar-refractivity contribution in [2.24, 2.45) is 0 Å². The molecule has 1 aromatic carbocycles. The van der Waals surface area contributed by atoms with Crippen LogP contribution in [0.15, 0.2) is 24.3 Å². The Morgan fingerprint density at radius 1 is 1.38 bits per heavy atom. The molecular weight excluding hydrogens is 220 g/mol. The summed E-state index contributed by atoms with van der Waals surface area (Å²) in [4.78, 5) is 11.3. The molecule has 0 aliphatic carbocycles. The minimum absolute atomic E-state index is 0.0542. The Morgan fingerprint density at radius 3 is 2.81 bits per heavy atom. The second-order valence-corrected chi connectivity index (χ2v) is 4.85. The van der Waals surface area contributed by atoms with Gasteiger partial charge in [-0.15, -0.1) is 0 Å². The Kier molecular flexibility index (Phi) is 6.01. The number of para-hydroxylation sites is 1. The molecule has 0 unspecified atom stereocenters. The van der Waals surface area contributed by atoms with Crippen molar-refractivity contribution in [2.45, 2.75) is 20.3 Å². The standard InChI is InChI=1S/C13H18O2S/c1-3-16-10-6-9-15-13-8-5-4-7-12(13)11(2)14/h4-5,7-8H,3,6,9-10H2,1-2H3. The van der Waals surface area contributed by atoms with E-state index in [1.54, 1.807) is 13.0 Å². The van der Waals surface area contributed by atoms with Crippen LogP contribution >= 0.6 is 11.8 Å².